The molecule has 0 aliphatic carbocycles. The Hall–Kier alpha value is -2.17. The smallest absolute Gasteiger partial charge is 0.223 e. The van der Waals surface area contributed by atoms with E-state index in [1.54, 1.807) is 0 Å². The van der Waals surface area contributed by atoms with E-state index in [9.17, 15) is 4.79 Å². The minimum Gasteiger partial charge on any atom is -0.352 e. The van der Waals surface area contributed by atoms with Gasteiger partial charge < -0.3 is 5.32 Å². The lowest BCUT2D eigenvalue weighted by Crippen LogP contribution is -2.40. The van der Waals surface area contributed by atoms with Crippen LogP contribution in [0.25, 0.3) is 0 Å². The van der Waals surface area contributed by atoms with Gasteiger partial charge in [0, 0.05) is 25.6 Å². The summed E-state index contributed by atoms with van der Waals surface area (Å²) in [4.78, 5) is 17.7. The lowest BCUT2D eigenvalue weighted by molar-refractivity contribution is -0.126. The van der Waals surface area contributed by atoms with Gasteiger partial charge in [-0.3, -0.25) is 14.6 Å². The molecule has 2 saturated heterocycles. The maximum absolute atomic E-state index is 12.7. The molecule has 0 aromatic heterocycles. The number of nitrogens with one attached hydrogen (secondary N) is 1. The Morgan fingerprint density at radius 3 is 2.17 bits per heavy atom. The van der Waals surface area contributed by atoms with Crippen molar-refractivity contribution in [3.8, 4) is 0 Å². The van der Waals surface area contributed by atoms with Gasteiger partial charge in [-0.15, -0.1) is 0 Å². The van der Waals surface area contributed by atoms with Crippen LogP contribution in [0, 0.1) is 5.92 Å². The molecule has 4 heteroatoms. The predicted octanol–water partition coefficient (Wildman–Crippen LogP) is 4.20. The standard InChI is InChI=1S/C26H35N3O/c30-26(25-12-16-29(17-13-25)20-22-8-3-1-4-9-22)27-19-23-10-7-11-24(18-23)21-28-14-5-2-6-15-28/h1,3-4,7-11,18,25H,2,5-6,12-17,19-21H2,(H,27,30). The minimum absolute atomic E-state index is 0.147. The van der Waals surface area contributed by atoms with Crippen LogP contribution in [-0.4, -0.2) is 41.9 Å². The molecular weight excluding hydrogens is 370 g/mol. The molecule has 0 radical (unpaired) electrons. The second-order valence-corrected chi connectivity index (χ2v) is 8.91. The molecule has 30 heavy (non-hydrogen) atoms. The van der Waals surface area contributed by atoms with Gasteiger partial charge in [-0.1, -0.05) is 61.0 Å². The first kappa shape index (κ1) is 21.1. The molecule has 2 aliphatic rings. The number of hydrogen-bond acceptors (Lipinski definition) is 3. The molecule has 1 N–H and O–H groups in total. The Bertz CT molecular complexity index is 793. The van der Waals surface area contributed by atoms with Crippen molar-refractivity contribution in [3.63, 3.8) is 0 Å². The third-order valence-corrected chi connectivity index (χ3v) is 6.52. The lowest BCUT2D eigenvalue weighted by atomic mass is 9.95. The van der Waals surface area contributed by atoms with Crippen LogP contribution < -0.4 is 5.32 Å². The third-order valence-electron chi connectivity index (χ3n) is 6.52. The van der Waals surface area contributed by atoms with E-state index in [-0.39, 0.29) is 11.8 Å². The number of carbonyl (C=O) groups excluding carboxylic acids is 1. The number of rotatable bonds is 7. The normalized spacial score (nSPS) is 18.9. The zero-order chi connectivity index (χ0) is 20.6. The third kappa shape index (κ3) is 6.16. The summed E-state index contributed by atoms with van der Waals surface area (Å²) >= 11 is 0. The van der Waals surface area contributed by atoms with Gasteiger partial charge in [-0.2, -0.15) is 0 Å². The lowest BCUT2D eigenvalue weighted by Gasteiger charge is -2.31. The van der Waals surface area contributed by atoms with Crippen molar-refractivity contribution in [2.24, 2.45) is 5.92 Å². The number of nitrogens with zero attached hydrogens (tertiary/aromatic N) is 2. The van der Waals surface area contributed by atoms with Crippen molar-refractivity contribution in [2.45, 2.75) is 51.7 Å². The summed E-state index contributed by atoms with van der Waals surface area (Å²) in [5.41, 5.74) is 3.92. The van der Waals surface area contributed by atoms with E-state index in [1.807, 2.05) is 0 Å². The molecule has 0 atom stereocenters. The molecule has 0 unspecified atom stereocenters. The van der Waals surface area contributed by atoms with Crippen molar-refractivity contribution < 1.29 is 4.79 Å². The monoisotopic (exact) mass is 405 g/mol. The molecule has 2 heterocycles. The first-order valence-corrected chi connectivity index (χ1v) is 11.6. The molecule has 0 spiro atoms. The predicted molar refractivity (Wildman–Crippen MR) is 122 cm³/mol. The molecular formula is C26H35N3O. The van der Waals surface area contributed by atoms with E-state index < -0.39 is 0 Å². The molecule has 1 amide bonds. The zero-order valence-corrected chi connectivity index (χ0v) is 18.1. The maximum Gasteiger partial charge on any atom is 0.223 e. The van der Waals surface area contributed by atoms with E-state index in [0.29, 0.717) is 6.54 Å². The quantitative estimate of drug-likeness (QED) is 0.750. The van der Waals surface area contributed by atoms with E-state index in [1.165, 1.54) is 49.0 Å². The molecule has 2 fully saturated rings. The average molecular weight is 406 g/mol. The van der Waals surface area contributed by atoms with E-state index in [2.05, 4.69) is 69.7 Å². The van der Waals surface area contributed by atoms with Crippen molar-refractivity contribution >= 4 is 5.91 Å². The highest BCUT2D eigenvalue weighted by molar-refractivity contribution is 5.78. The Morgan fingerprint density at radius 1 is 0.767 bits per heavy atom. The minimum atomic E-state index is 0.147. The van der Waals surface area contributed by atoms with Gasteiger partial charge in [-0.25, -0.2) is 0 Å². The maximum atomic E-state index is 12.7. The molecule has 4 rings (SSSR count). The summed E-state index contributed by atoms with van der Waals surface area (Å²) in [5.74, 6) is 0.365. The number of amides is 1. The average Bonchev–Trinajstić information content (AvgIpc) is 2.80. The second-order valence-electron chi connectivity index (χ2n) is 8.91. The topological polar surface area (TPSA) is 35.6 Å². The summed E-state index contributed by atoms with van der Waals surface area (Å²) in [6.45, 7) is 7.07. The summed E-state index contributed by atoms with van der Waals surface area (Å²) in [6.07, 6.45) is 5.91. The Labute approximate surface area is 181 Å². The molecule has 0 saturated carbocycles. The van der Waals surface area contributed by atoms with Gasteiger partial charge in [0.15, 0.2) is 0 Å². The largest absolute Gasteiger partial charge is 0.352 e. The fourth-order valence-electron chi connectivity index (χ4n) is 4.74. The van der Waals surface area contributed by atoms with Gasteiger partial charge in [-0.05, 0) is 68.6 Å². The Kier molecular flexibility index (Phi) is 7.54. The van der Waals surface area contributed by atoms with Gasteiger partial charge in [0.2, 0.25) is 5.91 Å². The van der Waals surface area contributed by atoms with Crippen LogP contribution in [0.2, 0.25) is 0 Å². The van der Waals surface area contributed by atoms with Crippen LogP contribution in [0.1, 0.15) is 48.8 Å². The number of piperidine rings is 2. The van der Waals surface area contributed by atoms with Crippen LogP contribution >= 0.6 is 0 Å². The first-order chi connectivity index (χ1) is 14.8. The van der Waals surface area contributed by atoms with Crippen LogP contribution in [-0.2, 0) is 24.4 Å². The summed E-state index contributed by atoms with van der Waals surface area (Å²) < 4.78 is 0. The molecule has 0 bridgehead atoms. The van der Waals surface area contributed by atoms with Crippen molar-refractivity contribution in [2.75, 3.05) is 26.2 Å². The summed E-state index contributed by atoms with van der Waals surface area (Å²) in [7, 11) is 0. The number of likely N-dealkylation sites (tertiary alicyclic amines) is 2. The fourth-order valence-corrected chi connectivity index (χ4v) is 4.74. The van der Waals surface area contributed by atoms with E-state index in [4.69, 9.17) is 0 Å². The molecule has 160 valence electrons. The summed E-state index contributed by atoms with van der Waals surface area (Å²) in [6, 6.07) is 19.3. The summed E-state index contributed by atoms with van der Waals surface area (Å²) in [5, 5.41) is 3.19. The SMILES string of the molecule is O=C(NCc1cccc(CN2CCCCC2)c1)C1CCN(Cc2ccccc2)CC1. The van der Waals surface area contributed by atoms with Crippen molar-refractivity contribution in [1.82, 2.24) is 15.1 Å². The fraction of sp³-hybridized carbons (Fsp3) is 0.500. The number of benzene rings is 2. The molecule has 2 aliphatic heterocycles. The molecule has 2 aromatic rings. The molecule has 2 aromatic carbocycles. The van der Waals surface area contributed by atoms with Gasteiger partial charge in [0.1, 0.15) is 0 Å². The van der Waals surface area contributed by atoms with Crippen LogP contribution in [0.4, 0.5) is 0 Å². The van der Waals surface area contributed by atoms with Crippen molar-refractivity contribution in [1.29, 1.82) is 0 Å². The Balaban J connectivity index is 1.21. The number of carbonyl (C=O) groups is 1. The second kappa shape index (κ2) is 10.7. The van der Waals surface area contributed by atoms with Gasteiger partial charge in [0.25, 0.3) is 0 Å². The first-order valence-electron chi connectivity index (χ1n) is 11.6. The van der Waals surface area contributed by atoms with Gasteiger partial charge >= 0.3 is 0 Å². The van der Waals surface area contributed by atoms with Crippen molar-refractivity contribution in [3.05, 3.63) is 71.3 Å². The number of hydrogen-bond donors (Lipinski definition) is 1. The Morgan fingerprint density at radius 2 is 1.40 bits per heavy atom. The van der Waals surface area contributed by atoms with E-state index >= 15 is 0 Å². The molecule has 4 nitrogen and oxygen atoms in total. The van der Waals surface area contributed by atoms with Crippen LogP contribution in [0.5, 0.6) is 0 Å². The van der Waals surface area contributed by atoms with E-state index in [0.717, 1.165) is 39.0 Å². The highest BCUT2D eigenvalue weighted by Crippen LogP contribution is 2.20. The highest BCUT2D eigenvalue weighted by Gasteiger charge is 2.24. The highest BCUT2D eigenvalue weighted by atomic mass is 16.1. The van der Waals surface area contributed by atoms with Crippen LogP contribution in [0.15, 0.2) is 54.6 Å². The van der Waals surface area contributed by atoms with Gasteiger partial charge in [0.05, 0.1) is 0 Å². The van der Waals surface area contributed by atoms with Crippen LogP contribution in [0.3, 0.4) is 0 Å². The zero-order valence-electron chi connectivity index (χ0n) is 18.1.